The summed E-state index contributed by atoms with van der Waals surface area (Å²) in [5.41, 5.74) is 0.631. The van der Waals surface area contributed by atoms with Crippen LogP contribution in [0.25, 0.3) is 0 Å². The summed E-state index contributed by atoms with van der Waals surface area (Å²) >= 11 is 0. The second kappa shape index (κ2) is 3.95. The average Bonchev–Trinajstić information content (AvgIpc) is 2.62. The first kappa shape index (κ1) is 9.45. The summed E-state index contributed by atoms with van der Waals surface area (Å²) in [5.74, 6) is 1.21. The number of nitrogens with one attached hydrogen (secondary N) is 2. The fourth-order valence-electron chi connectivity index (χ4n) is 1.14. The minimum atomic E-state index is -0.193. The first-order valence-electron chi connectivity index (χ1n) is 4.45. The molecule has 2 N–H and O–H groups in total. The zero-order valence-electron chi connectivity index (χ0n) is 8.15. The molecule has 0 radical (unpaired) electrons. The summed E-state index contributed by atoms with van der Waals surface area (Å²) in [6, 6.07) is 3.20. The lowest BCUT2D eigenvalue weighted by Gasteiger charge is -2.00. The van der Waals surface area contributed by atoms with Crippen LogP contribution in [-0.2, 0) is 6.54 Å². The van der Waals surface area contributed by atoms with Gasteiger partial charge in [-0.3, -0.25) is 4.79 Å². The van der Waals surface area contributed by atoms with Crippen molar-refractivity contribution in [3.8, 4) is 0 Å². The number of hydrogen-bond acceptors (Lipinski definition) is 5. The maximum atomic E-state index is 10.9. The molecule has 0 aliphatic heterocycles. The van der Waals surface area contributed by atoms with Crippen LogP contribution in [0.2, 0.25) is 0 Å². The average molecular weight is 206 g/mol. The Morgan fingerprint density at radius 3 is 3.07 bits per heavy atom. The third-order valence-corrected chi connectivity index (χ3v) is 1.80. The van der Waals surface area contributed by atoms with Crippen LogP contribution >= 0.6 is 0 Å². The predicted octanol–water partition coefficient (Wildman–Crippen LogP) is 0.678. The molecule has 0 amide bonds. The van der Waals surface area contributed by atoms with Gasteiger partial charge in [0.1, 0.15) is 5.82 Å². The van der Waals surface area contributed by atoms with Gasteiger partial charge in [-0.1, -0.05) is 5.16 Å². The van der Waals surface area contributed by atoms with Crippen LogP contribution in [0.5, 0.6) is 0 Å². The van der Waals surface area contributed by atoms with Crippen molar-refractivity contribution < 1.29 is 4.52 Å². The summed E-state index contributed by atoms with van der Waals surface area (Å²) in [6.07, 6.45) is 1.34. The smallest absolute Gasteiger partial charge is 0.252 e. The van der Waals surface area contributed by atoms with Gasteiger partial charge in [-0.25, -0.2) is 4.98 Å². The highest BCUT2D eigenvalue weighted by Gasteiger charge is 2.00. The van der Waals surface area contributed by atoms with Crippen molar-refractivity contribution in [2.75, 3.05) is 5.32 Å². The number of aromatic nitrogens is 3. The summed E-state index contributed by atoms with van der Waals surface area (Å²) in [5, 5.41) is 6.69. The Labute approximate surface area is 85.3 Å². The van der Waals surface area contributed by atoms with Crippen LogP contribution in [0.15, 0.2) is 27.8 Å². The lowest BCUT2D eigenvalue weighted by atomic mass is 10.4. The highest BCUT2D eigenvalue weighted by atomic mass is 16.5. The molecular formula is C9H10N4O2. The van der Waals surface area contributed by atoms with Gasteiger partial charge in [0, 0.05) is 12.1 Å². The molecule has 2 aromatic rings. The SMILES string of the molecule is Cc1cc(CNc2cc(=O)[nH]cn2)on1. The van der Waals surface area contributed by atoms with E-state index >= 15 is 0 Å². The number of hydrogen-bond donors (Lipinski definition) is 2. The molecule has 0 atom stereocenters. The number of H-pyrrole nitrogens is 1. The fourth-order valence-corrected chi connectivity index (χ4v) is 1.14. The van der Waals surface area contributed by atoms with Crippen molar-refractivity contribution in [3.05, 3.63) is 40.3 Å². The molecule has 0 spiro atoms. The predicted molar refractivity (Wildman–Crippen MR) is 53.4 cm³/mol. The summed E-state index contributed by atoms with van der Waals surface area (Å²) in [4.78, 5) is 17.3. The summed E-state index contributed by atoms with van der Waals surface area (Å²) in [6.45, 7) is 2.30. The second-order valence-corrected chi connectivity index (χ2v) is 3.08. The minimum Gasteiger partial charge on any atom is -0.362 e. The second-order valence-electron chi connectivity index (χ2n) is 3.08. The monoisotopic (exact) mass is 206 g/mol. The van der Waals surface area contributed by atoms with Gasteiger partial charge in [-0.2, -0.15) is 0 Å². The first-order valence-corrected chi connectivity index (χ1v) is 4.45. The van der Waals surface area contributed by atoms with Crippen LogP contribution in [0.1, 0.15) is 11.5 Å². The van der Waals surface area contributed by atoms with E-state index in [1.807, 2.05) is 13.0 Å². The molecule has 6 heteroatoms. The van der Waals surface area contributed by atoms with Crippen molar-refractivity contribution in [1.82, 2.24) is 15.1 Å². The Bertz CT molecular complexity index is 503. The Morgan fingerprint density at radius 2 is 2.40 bits per heavy atom. The molecule has 0 saturated carbocycles. The van der Waals surface area contributed by atoms with Crippen molar-refractivity contribution in [1.29, 1.82) is 0 Å². The van der Waals surface area contributed by atoms with Crippen molar-refractivity contribution in [3.63, 3.8) is 0 Å². The molecule has 2 aromatic heterocycles. The van der Waals surface area contributed by atoms with Crippen LogP contribution in [0.4, 0.5) is 5.82 Å². The Kier molecular flexibility index (Phi) is 2.49. The standard InChI is InChI=1S/C9H10N4O2/c1-6-2-7(15-13-6)4-10-8-3-9(14)12-5-11-8/h2-3,5H,4H2,1H3,(H2,10,11,12,14). The van der Waals surface area contributed by atoms with Crippen molar-refractivity contribution in [2.45, 2.75) is 13.5 Å². The number of aryl methyl sites for hydroxylation is 1. The van der Waals surface area contributed by atoms with E-state index in [4.69, 9.17) is 4.52 Å². The molecule has 78 valence electrons. The molecule has 0 fully saturated rings. The molecular weight excluding hydrogens is 196 g/mol. The van der Waals surface area contributed by atoms with E-state index in [0.29, 0.717) is 18.1 Å². The molecule has 0 aromatic carbocycles. The van der Waals surface area contributed by atoms with E-state index in [1.165, 1.54) is 12.4 Å². The Balaban J connectivity index is 2.02. The largest absolute Gasteiger partial charge is 0.362 e. The number of aromatic amines is 1. The quantitative estimate of drug-likeness (QED) is 0.771. The number of nitrogens with zero attached hydrogens (tertiary/aromatic N) is 2. The lowest BCUT2D eigenvalue weighted by Crippen LogP contribution is -2.08. The molecule has 2 rings (SSSR count). The van der Waals surface area contributed by atoms with Gasteiger partial charge in [0.05, 0.1) is 18.6 Å². The van der Waals surface area contributed by atoms with E-state index in [-0.39, 0.29) is 5.56 Å². The maximum absolute atomic E-state index is 10.9. The van der Waals surface area contributed by atoms with E-state index in [1.54, 1.807) is 0 Å². The maximum Gasteiger partial charge on any atom is 0.252 e. The molecule has 0 saturated heterocycles. The van der Waals surface area contributed by atoms with Gasteiger partial charge < -0.3 is 14.8 Å². The Hall–Kier alpha value is -2.11. The van der Waals surface area contributed by atoms with Gasteiger partial charge in [-0.05, 0) is 6.92 Å². The van der Waals surface area contributed by atoms with Crippen molar-refractivity contribution in [2.24, 2.45) is 0 Å². The van der Waals surface area contributed by atoms with Crippen LogP contribution < -0.4 is 10.9 Å². The topological polar surface area (TPSA) is 83.8 Å². The van der Waals surface area contributed by atoms with E-state index < -0.39 is 0 Å². The van der Waals surface area contributed by atoms with E-state index in [9.17, 15) is 4.79 Å². The highest BCUT2D eigenvalue weighted by Crippen LogP contribution is 2.04. The van der Waals surface area contributed by atoms with E-state index in [0.717, 1.165) is 5.69 Å². The fraction of sp³-hybridized carbons (Fsp3) is 0.222. The molecule has 0 aliphatic carbocycles. The third-order valence-electron chi connectivity index (χ3n) is 1.80. The van der Waals surface area contributed by atoms with Gasteiger partial charge in [0.2, 0.25) is 0 Å². The van der Waals surface area contributed by atoms with Crippen molar-refractivity contribution >= 4 is 5.82 Å². The molecule has 0 bridgehead atoms. The molecule has 15 heavy (non-hydrogen) atoms. The highest BCUT2D eigenvalue weighted by molar-refractivity contribution is 5.32. The molecule has 6 nitrogen and oxygen atoms in total. The van der Waals surface area contributed by atoms with Gasteiger partial charge in [-0.15, -0.1) is 0 Å². The zero-order chi connectivity index (χ0) is 10.7. The van der Waals surface area contributed by atoms with Gasteiger partial charge >= 0.3 is 0 Å². The number of anilines is 1. The van der Waals surface area contributed by atoms with Gasteiger partial charge in [0.25, 0.3) is 5.56 Å². The first-order chi connectivity index (χ1) is 7.24. The van der Waals surface area contributed by atoms with Crippen LogP contribution in [0, 0.1) is 6.92 Å². The van der Waals surface area contributed by atoms with Crippen LogP contribution in [-0.4, -0.2) is 15.1 Å². The molecule has 2 heterocycles. The summed E-state index contributed by atoms with van der Waals surface area (Å²) in [7, 11) is 0. The number of rotatable bonds is 3. The Morgan fingerprint density at radius 1 is 1.53 bits per heavy atom. The normalized spacial score (nSPS) is 10.2. The summed E-state index contributed by atoms with van der Waals surface area (Å²) < 4.78 is 4.99. The van der Waals surface area contributed by atoms with Crippen LogP contribution in [0.3, 0.4) is 0 Å². The molecule has 0 unspecified atom stereocenters. The van der Waals surface area contributed by atoms with Gasteiger partial charge in [0.15, 0.2) is 5.76 Å². The third kappa shape index (κ3) is 2.43. The molecule has 0 aliphatic rings. The zero-order valence-corrected chi connectivity index (χ0v) is 8.15. The lowest BCUT2D eigenvalue weighted by molar-refractivity contribution is 0.384. The van der Waals surface area contributed by atoms with E-state index in [2.05, 4.69) is 20.4 Å². The minimum absolute atomic E-state index is 0.193.